The molecule has 2 aliphatic heterocycles. The molecule has 10 aromatic carbocycles. The second-order valence-corrected chi connectivity index (χ2v) is 19.0. The third-order valence-electron chi connectivity index (χ3n) is 14.5. The van der Waals surface area contributed by atoms with Crippen molar-refractivity contribution in [3.63, 3.8) is 0 Å². The fourth-order valence-corrected chi connectivity index (χ4v) is 13.1. The zero-order chi connectivity index (χ0) is 43.5. The monoisotopic (exact) mass is 871 g/mol. The molecule has 0 N–H and O–H groups in total. The van der Waals surface area contributed by atoms with Crippen LogP contribution in [0.1, 0.15) is 0 Å². The van der Waals surface area contributed by atoms with Crippen molar-refractivity contribution in [3.8, 4) is 40.1 Å². The van der Waals surface area contributed by atoms with Crippen LogP contribution in [-0.4, -0.2) is 20.4 Å². The van der Waals surface area contributed by atoms with E-state index >= 15 is 0 Å². The van der Waals surface area contributed by atoms with Gasteiger partial charge in [-0.2, -0.15) is 0 Å². The van der Waals surface area contributed by atoms with Gasteiger partial charge in [-0.15, -0.1) is 11.3 Å². The largest absolute Gasteiger partial charge is 0.458 e. The molecule has 0 unspecified atom stereocenters. The molecule has 0 bridgehead atoms. The molecule has 0 amide bonds. The van der Waals surface area contributed by atoms with Gasteiger partial charge in [-0.25, -0.2) is 0 Å². The lowest BCUT2D eigenvalue weighted by Crippen LogP contribution is -2.57. The van der Waals surface area contributed by atoms with Crippen LogP contribution in [-0.2, 0) is 0 Å². The van der Waals surface area contributed by atoms with E-state index in [1.54, 1.807) is 0 Å². The van der Waals surface area contributed by atoms with Gasteiger partial charge in [-0.3, -0.25) is 0 Å². The molecule has 0 saturated heterocycles. The van der Waals surface area contributed by atoms with Gasteiger partial charge in [0, 0.05) is 87.5 Å². The molecule has 0 saturated carbocycles. The van der Waals surface area contributed by atoms with E-state index in [0.29, 0.717) is 0 Å². The minimum Gasteiger partial charge on any atom is -0.458 e. The van der Waals surface area contributed by atoms with E-state index in [4.69, 9.17) is 9.47 Å². The summed E-state index contributed by atoms with van der Waals surface area (Å²) in [5.74, 6) is 3.34. The zero-order valence-corrected chi connectivity index (χ0v) is 36.6. The van der Waals surface area contributed by atoms with Crippen molar-refractivity contribution in [2.45, 2.75) is 0 Å². The maximum absolute atomic E-state index is 7.29. The summed E-state index contributed by atoms with van der Waals surface area (Å²) in [7, 11) is 0. The number of hydrogen-bond donors (Lipinski definition) is 0. The van der Waals surface area contributed by atoms with Crippen LogP contribution in [0.15, 0.2) is 206 Å². The maximum Gasteiger partial charge on any atom is 0.260 e. The highest BCUT2D eigenvalue weighted by Gasteiger charge is 2.41. The van der Waals surface area contributed by atoms with Crippen LogP contribution in [0.5, 0.6) is 23.0 Å². The predicted molar refractivity (Wildman–Crippen MR) is 280 cm³/mol. The lowest BCUT2D eigenvalue weighted by Gasteiger charge is -2.33. The summed E-state index contributed by atoms with van der Waals surface area (Å²) in [6.45, 7) is -0.0770. The minimum atomic E-state index is -0.0770. The van der Waals surface area contributed by atoms with Gasteiger partial charge in [0.05, 0.1) is 38.8 Å². The summed E-state index contributed by atoms with van der Waals surface area (Å²) in [5.41, 5.74) is 13.5. The number of ether oxygens (including phenoxy) is 2. The average molecular weight is 872 g/mol. The number of hydrogen-bond acceptors (Lipinski definition) is 3. The highest BCUT2D eigenvalue weighted by Crippen LogP contribution is 2.46. The van der Waals surface area contributed by atoms with Gasteiger partial charge in [0.25, 0.3) is 6.71 Å². The van der Waals surface area contributed by atoms with Gasteiger partial charge in [-0.05, 0) is 71.6 Å². The Balaban J connectivity index is 0.941. The Morgan fingerprint density at radius 3 is 1.70 bits per heavy atom. The van der Waals surface area contributed by atoms with Gasteiger partial charge in [0.1, 0.15) is 23.0 Å². The average Bonchev–Trinajstić information content (AvgIpc) is 4.12. The van der Waals surface area contributed by atoms with Gasteiger partial charge in [0.2, 0.25) is 0 Å². The van der Waals surface area contributed by atoms with Crippen molar-refractivity contribution in [1.82, 2.24) is 13.7 Å². The maximum atomic E-state index is 7.29. The lowest BCUT2D eigenvalue weighted by molar-refractivity contribution is 0.464. The van der Waals surface area contributed by atoms with E-state index in [9.17, 15) is 0 Å². The SMILES string of the molecule is c1ccc(-n2c3ccccc3c3c2ccc2c4ccccc4n(-c4ccc5c(c4)Oc4cc(-n6c7ccccc7c7c8sc9ccccc9c8ccc76)cc6c4B5c4ccccc4O6)c23)cc1. The number of thiophene rings is 1. The first-order valence-corrected chi connectivity index (χ1v) is 23.7. The molecule has 0 radical (unpaired) electrons. The summed E-state index contributed by atoms with van der Waals surface area (Å²) in [6.07, 6.45) is 0. The molecule has 5 nitrogen and oxygen atoms in total. The molecule has 4 aromatic heterocycles. The number of rotatable bonds is 3. The first-order chi connectivity index (χ1) is 33.2. The fraction of sp³-hybridized carbons (Fsp3) is 0. The second kappa shape index (κ2) is 13.1. The number of para-hydroxylation sites is 5. The van der Waals surface area contributed by atoms with E-state index in [0.717, 1.165) is 73.0 Å². The Hall–Kier alpha value is -8.52. The first-order valence-electron chi connectivity index (χ1n) is 22.9. The van der Waals surface area contributed by atoms with Gasteiger partial charge >= 0.3 is 0 Å². The van der Waals surface area contributed by atoms with Gasteiger partial charge < -0.3 is 23.2 Å². The third-order valence-corrected chi connectivity index (χ3v) is 15.7. The van der Waals surface area contributed by atoms with Crippen molar-refractivity contribution >= 4 is 120 Å². The topological polar surface area (TPSA) is 33.2 Å². The van der Waals surface area contributed by atoms with Crippen LogP contribution >= 0.6 is 11.3 Å². The van der Waals surface area contributed by atoms with E-state index in [1.165, 1.54) is 69.0 Å². The molecular weight excluding hydrogens is 838 g/mol. The van der Waals surface area contributed by atoms with Crippen molar-refractivity contribution in [1.29, 1.82) is 0 Å². The molecule has 0 fully saturated rings. The standard InChI is InChI=1S/C60H34BN3O2S/c1-2-14-35(15-3-1)62-47-22-10-5-18-42(47)56-49(62)30-27-40-38-16-4-9-21-46(38)64(59(40)56)36-26-29-45-52(32-36)66-54-34-37(33-53-58(54)61(45)44-20-8-12-24-51(44)65-53)63-48-23-11-6-19-43(48)57-50(63)31-28-41-39-17-7-13-25-55(39)67-60(41)57/h1-34H. The van der Waals surface area contributed by atoms with Crippen molar-refractivity contribution in [2.24, 2.45) is 0 Å². The quantitative estimate of drug-likeness (QED) is 0.166. The van der Waals surface area contributed by atoms with Crippen LogP contribution in [0.2, 0.25) is 0 Å². The van der Waals surface area contributed by atoms with Crippen molar-refractivity contribution in [3.05, 3.63) is 206 Å². The van der Waals surface area contributed by atoms with E-state index in [1.807, 2.05) is 11.3 Å². The number of aromatic nitrogens is 3. The number of fused-ring (bicyclic) bond motifs is 18. The highest BCUT2D eigenvalue weighted by atomic mass is 32.1. The molecule has 310 valence electrons. The van der Waals surface area contributed by atoms with Crippen molar-refractivity contribution in [2.75, 3.05) is 0 Å². The lowest BCUT2D eigenvalue weighted by atomic mass is 9.35. The molecule has 2 aliphatic rings. The van der Waals surface area contributed by atoms with Crippen LogP contribution in [0, 0.1) is 0 Å². The Kier molecular flexibility index (Phi) is 6.98. The summed E-state index contributed by atoms with van der Waals surface area (Å²) >= 11 is 1.88. The molecule has 6 heterocycles. The zero-order valence-electron chi connectivity index (χ0n) is 35.8. The number of benzene rings is 10. The molecule has 14 aromatic rings. The van der Waals surface area contributed by atoms with Gasteiger partial charge in [0.15, 0.2) is 0 Å². The molecule has 16 rings (SSSR count). The second-order valence-electron chi connectivity index (χ2n) is 17.9. The normalized spacial score (nSPS) is 13.0. The Bertz CT molecular complexity index is 4480. The Morgan fingerprint density at radius 2 is 0.910 bits per heavy atom. The van der Waals surface area contributed by atoms with E-state index in [2.05, 4.69) is 220 Å². The van der Waals surface area contributed by atoms with E-state index < -0.39 is 0 Å². The van der Waals surface area contributed by atoms with Gasteiger partial charge in [-0.1, -0.05) is 127 Å². The summed E-state index contributed by atoms with van der Waals surface area (Å²) in [6, 6.07) is 74.9. The Labute approximate surface area is 387 Å². The molecule has 0 atom stereocenters. The van der Waals surface area contributed by atoms with Crippen LogP contribution in [0.3, 0.4) is 0 Å². The summed E-state index contributed by atoms with van der Waals surface area (Å²) in [5, 5.41) is 9.97. The predicted octanol–water partition coefficient (Wildman–Crippen LogP) is 14.1. The molecule has 67 heavy (non-hydrogen) atoms. The van der Waals surface area contributed by atoms with E-state index in [-0.39, 0.29) is 6.71 Å². The van der Waals surface area contributed by atoms with Crippen LogP contribution < -0.4 is 25.9 Å². The minimum absolute atomic E-state index is 0.0770. The summed E-state index contributed by atoms with van der Waals surface area (Å²) < 4.78 is 24.1. The molecular formula is C60H34BN3O2S. The number of nitrogens with zero attached hydrogens (tertiary/aromatic N) is 3. The molecule has 0 spiro atoms. The third kappa shape index (κ3) is 4.73. The molecule has 7 heteroatoms. The van der Waals surface area contributed by atoms with Crippen LogP contribution in [0.25, 0.3) is 103 Å². The smallest absolute Gasteiger partial charge is 0.260 e. The van der Waals surface area contributed by atoms with Crippen LogP contribution in [0.4, 0.5) is 0 Å². The summed E-state index contributed by atoms with van der Waals surface area (Å²) in [4.78, 5) is 0. The van der Waals surface area contributed by atoms with Crippen molar-refractivity contribution < 1.29 is 9.47 Å². The first kappa shape index (κ1) is 35.8. The molecule has 0 aliphatic carbocycles. The Morgan fingerprint density at radius 1 is 0.343 bits per heavy atom. The fourth-order valence-electron chi connectivity index (χ4n) is 11.8. The highest BCUT2D eigenvalue weighted by molar-refractivity contribution is 7.26.